The van der Waals surface area contributed by atoms with E-state index in [1.807, 2.05) is 31.2 Å². The first-order chi connectivity index (χ1) is 13.5. The number of aromatic nitrogens is 2. The molecule has 3 nitrogen and oxygen atoms in total. The van der Waals surface area contributed by atoms with Crippen molar-refractivity contribution in [1.29, 1.82) is 0 Å². The van der Waals surface area contributed by atoms with Crippen LogP contribution in [0.25, 0.3) is 10.9 Å². The number of Topliss-reactive ketones (excluding diaryl/α,β-unsaturated/α-hetero) is 1. The second-order valence-electron chi connectivity index (χ2n) is 6.96. The first kappa shape index (κ1) is 19.0. The molecule has 0 saturated heterocycles. The number of benzene rings is 1. The second kappa shape index (κ2) is 7.94. The van der Waals surface area contributed by atoms with Gasteiger partial charge in [0.2, 0.25) is 0 Å². The standard InChI is InChI=1S/C23H22N2OS2/c1-15-11-23(24-21-9-5-4-8-19(15)21)28-14-22(26)20-12-16(2)25(17(20)3)13-18-7-6-10-27-18/h4-12H,13-14H2,1-3H3. The number of aryl methyl sites for hydroxylation is 2. The van der Waals surface area contributed by atoms with Gasteiger partial charge in [-0.15, -0.1) is 11.3 Å². The molecule has 0 unspecified atom stereocenters. The minimum atomic E-state index is 0.156. The van der Waals surface area contributed by atoms with E-state index in [9.17, 15) is 4.79 Å². The van der Waals surface area contributed by atoms with Crippen molar-refractivity contribution in [1.82, 2.24) is 9.55 Å². The Kier molecular flexibility index (Phi) is 5.38. The molecule has 0 spiro atoms. The van der Waals surface area contributed by atoms with Gasteiger partial charge in [-0.3, -0.25) is 4.79 Å². The molecular weight excluding hydrogens is 384 g/mol. The smallest absolute Gasteiger partial charge is 0.174 e. The summed E-state index contributed by atoms with van der Waals surface area (Å²) in [7, 11) is 0. The Morgan fingerprint density at radius 2 is 1.93 bits per heavy atom. The van der Waals surface area contributed by atoms with Gasteiger partial charge in [-0.2, -0.15) is 0 Å². The van der Waals surface area contributed by atoms with E-state index in [-0.39, 0.29) is 5.78 Å². The Morgan fingerprint density at radius 1 is 1.11 bits per heavy atom. The zero-order valence-electron chi connectivity index (χ0n) is 16.2. The molecule has 4 aromatic rings. The van der Waals surface area contributed by atoms with Crippen LogP contribution in [0.5, 0.6) is 0 Å². The number of para-hydroxylation sites is 1. The third-order valence-electron chi connectivity index (χ3n) is 5.02. The second-order valence-corrected chi connectivity index (χ2v) is 8.98. The number of carbonyl (C=O) groups is 1. The molecule has 0 aliphatic rings. The van der Waals surface area contributed by atoms with E-state index in [0.29, 0.717) is 5.75 Å². The molecule has 0 amide bonds. The maximum absolute atomic E-state index is 12.9. The minimum Gasteiger partial charge on any atom is -0.343 e. The van der Waals surface area contributed by atoms with E-state index >= 15 is 0 Å². The van der Waals surface area contributed by atoms with Gasteiger partial charge >= 0.3 is 0 Å². The van der Waals surface area contributed by atoms with Crippen molar-refractivity contribution in [2.45, 2.75) is 32.3 Å². The fraction of sp³-hybridized carbons (Fsp3) is 0.217. The monoisotopic (exact) mass is 406 g/mol. The maximum Gasteiger partial charge on any atom is 0.174 e. The summed E-state index contributed by atoms with van der Waals surface area (Å²) in [5.41, 5.74) is 5.15. The summed E-state index contributed by atoms with van der Waals surface area (Å²) in [5.74, 6) is 0.553. The highest BCUT2D eigenvalue weighted by Gasteiger charge is 2.17. The molecule has 0 bridgehead atoms. The van der Waals surface area contributed by atoms with Gasteiger partial charge in [-0.1, -0.05) is 36.0 Å². The topological polar surface area (TPSA) is 34.9 Å². The molecule has 0 fully saturated rings. The Labute approximate surface area is 173 Å². The van der Waals surface area contributed by atoms with Crippen molar-refractivity contribution in [3.05, 3.63) is 81.3 Å². The Bertz CT molecular complexity index is 1140. The van der Waals surface area contributed by atoms with Crippen LogP contribution in [0, 0.1) is 20.8 Å². The number of rotatable bonds is 6. The first-order valence-corrected chi connectivity index (χ1v) is 11.1. The normalized spacial score (nSPS) is 11.2. The van der Waals surface area contributed by atoms with Crippen molar-refractivity contribution in [3.8, 4) is 0 Å². The summed E-state index contributed by atoms with van der Waals surface area (Å²) in [6.45, 7) is 7.02. The molecule has 5 heteroatoms. The van der Waals surface area contributed by atoms with E-state index in [4.69, 9.17) is 4.98 Å². The van der Waals surface area contributed by atoms with Gasteiger partial charge in [-0.05, 0) is 56.0 Å². The van der Waals surface area contributed by atoms with Crippen LogP contribution in [-0.4, -0.2) is 21.1 Å². The molecule has 28 heavy (non-hydrogen) atoms. The molecule has 3 aromatic heterocycles. The number of hydrogen-bond acceptors (Lipinski definition) is 4. The predicted octanol–water partition coefficient (Wildman–Crippen LogP) is 6.05. The van der Waals surface area contributed by atoms with Crippen LogP contribution >= 0.6 is 23.1 Å². The van der Waals surface area contributed by atoms with Crippen molar-refractivity contribution >= 4 is 39.8 Å². The van der Waals surface area contributed by atoms with Crippen molar-refractivity contribution in [2.24, 2.45) is 0 Å². The predicted molar refractivity (Wildman–Crippen MR) is 119 cm³/mol. The summed E-state index contributed by atoms with van der Waals surface area (Å²) in [6.07, 6.45) is 0. The van der Waals surface area contributed by atoms with E-state index < -0.39 is 0 Å². The van der Waals surface area contributed by atoms with Gasteiger partial charge < -0.3 is 4.57 Å². The average molecular weight is 407 g/mol. The van der Waals surface area contributed by atoms with Crippen molar-refractivity contribution in [3.63, 3.8) is 0 Å². The number of carbonyl (C=O) groups excluding carboxylic acids is 1. The van der Waals surface area contributed by atoms with Gasteiger partial charge in [0.05, 0.1) is 22.8 Å². The number of fused-ring (bicyclic) bond motifs is 1. The number of thiophene rings is 1. The molecule has 1 aromatic carbocycles. The van der Waals surface area contributed by atoms with Gasteiger partial charge in [-0.25, -0.2) is 4.98 Å². The minimum absolute atomic E-state index is 0.156. The van der Waals surface area contributed by atoms with Crippen LogP contribution in [0.1, 0.15) is 32.2 Å². The third kappa shape index (κ3) is 3.77. The average Bonchev–Trinajstić information content (AvgIpc) is 3.30. The summed E-state index contributed by atoms with van der Waals surface area (Å²) in [4.78, 5) is 18.9. The lowest BCUT2D eigenvalue weighted by Crippen LogP contribution is -2.07. The van der Waals surface area contributed by atoms with E-state index in [0.717, 1.165) is 39.4 Å². The van der Waals surface area contributed by atoms with E-state index in [1.54, 1.807) is 11.3 Å². The lowest BCUT2D eigenvalue weighted by atomic mass is 10.1. The molecule has 3 heterocycles. The maximum atomic E-state index is 12.9. The molecule has 4 rings (SSSR count). The Hall–Kier alpha value is -2.37. The number of ketones is 1. The number of hydrogen-bond donors (Lipinski definition) is 0. The summed E-state index contributed by atoms with van der Waals surface area (Å²) >= 11 is 3.26. The van der Waals surface area contributed by atoms with Crippen LogP contribution in [0.2, 0.25) is 0 Å². The molecular formula is C23H22N2OS2. The molecule has 0 saturated carbocycles. The van der Waals surface area contributed by atoms with Crippen molar-refractivity contribution in [2.75, 3.05) is 5.75 Å². The molecule has 0 radical (unpaired) electrons. The Balaban J connectivity index is 1.51. The van der Waals surface area contributed by atoms with Gasteiger partial charge in [0.25, 0.3) is 0 Å². The summed E-state index contributed by atoms with van der Waals surface area (Å²) < 4.78 is 2.22. The largest absolute Gasteiger partial charge is 0.343 e. The fourth-order valence-electron chi connectivity index (χ4n) is 3.49. The fourth-order valence-corrected chi connectivity index (χ4v) is 5.05. The van der Waals surface area contributed by atoms with E-state index in [2.05, 4.69) is 48.1 Å². The highest BCUT2D eigenvalue weighted by Crippen LogP contribution is 2.26. The highest BCUT2D eigenvalue weighted by molar-refractivity contribution is 7.99. The van der Waals surface area contributed by atoms with Gasteiger partial charge in [0, 0.05) is 27.2 Å². The number of nitrogens with zero attached hydrogens (tertiary/aromatic N) is 2. The number of pyridine rings is 1. The van der Waals surface area contributed by atoms with Crippen LogP contribution in [0.15, 0.2) is 58.9 Å². The SMILES string of the molecule is Cc1cc(SCC(=O)c2cc(C)n(Cc3cccs3)c2C)nc2ccccc12. The molecule has 0 aliphatic carbocycles. The Morgan fingerprint density at radius 3 is 2.71 bits per heavy atom. The van der Waals surface area contributed by atoms with Crippen molar-refractivity contribution < 1.29 is 4.79 Å². The molecule has 0 atom stereocenters. The zero-order chi connectivity index (χ0) is 19.7. The number of thioether (sulfide) groups is 1. The quantitative estimate of drug-likeness (QED) is 0.289. The van der Waals surface area contributed by atoms with Crippen LogP contribution in [0.3, 0.4) is 0 Å². The van der Waals surface area contributed by atoms with Crippen LogP contribution in [-0.2, 0) is 6.54 Å². The zero-order valence-corrected chi connectivity index (χ0v) is 17.9. The van der Waals surface area contributed by atoms with Crippen LogP contribution < -0.4 is 0 Å². The van der Waals surface area contributed by atoms with Gasteiger partial charge in [0.15, 0.2) is 5.78 Å². The van der Waals surface area contributed by atoms with Gasteiger partial charge in [0.1, 0.15) is 0 Å². The highest BCUT2D eigenvalue weighted by atomic mass is 32.2. The lowest BCUT2D eigenvalue weighted by Gasteiger charge is -2.08. The molecule has 0 aliphatic heterocycles. The summed E-state index contributed by atoms with van der Waals surface area (Å²) in [5, 5.41) is 4.15. The lowest BCUT2D eigenvalue weighted by molar-refractivity contribution is 0.102. The first-order valence-electron chi connectivity index (χ1n) is 9.24. The third-order valence-corrected chi connectivity index (χ3v) is 6.79. The van der Waals surface area contributed by atoms with E-state index in [1.165, 1.54) is 22.2 Å². The molecule has 142 valence electrons. The van der Waals surface area contributed by atoms with Crippen LogP contribution in [0.4, 0.5) is 0 Å². The summed E-state index contributed by atoms with van der Waals surface area (Å²) in [6, 6.07) is 16.4. The molecule has 0 N–H and O–H groups in total.